The van der Waals surface area contributed by atoms with Crippen LogP contribution < -0.4 is 10.9 Å². The van der Waals surface area contributed by atoms with Crippen molar-refractivity contribution < 1.29 is 14.6 Å². The summed E-state index contributed by atoms with van der Waals surface area (Å²) in [4.78, 5) is 37.9. The SMILES string of the molecule is Cc1nc2cc(-c3ncc(C(O)C(C)C)s3)c(N[C@H]3CCN4C(=O)OC[C@@H]4C3)cc2c(=O)n1Cc1ccc(Cl)cc1. The zero-order valence-electron chi connectivity index (χ0n) is 23.1. The number of aromatic nitrogens is 3. The maximum absolute atomic E-state index is 13.8. The summed E-state index contributed by atoms with van der Waals surface area (Å²) < 4.78 is 6.93. The highest BCUT2D eigenvalue weighted by Crippen LogP contribution is 2.38. The Morgan fingerprint density at radius 2 is 2.00 bits per heavy atom. The molecule has 2 aliphatic heterocycles. The van der Waals surface area contributed by atoms with Crippen LogP contribution in [0.5, 0.6) is 0 Å². The molecule has 4 aromatic rings. The molecule has 2 aliphatic rings. The summed E-state index contributed by atoms with van der Waals surface area (Å²) in [6, 6.07) is 11.3. The zero-order chi connectivity index (χ0) is 28.8. The Hall–Kier alpha value is -3.47. The fourth-order valence-electron chi connectivity index (χ4n) is 5.56. The van der Waals surface area contributed by atoms with E-state index in [2.05, 4.69) is 10.3 Å². The molecule has 4 heterocycles. The van der Waals surface area contributed by atoms with Crippen LogP contribution in [0.2, 0.25) is 5.02 Å². The molecular formula is C30H32ClN5O4S. The molecule has 2 aromatic carbocycles. The molecule has 214 valence electrons. The van der Waals surface area contributed by atoms with Gasteiger partial charge in [-0.2, -0.15) is 0 Å². The number of piperidine rings is 1. The number of thiazole rings is 1. The molecule has 0 bridgehead atoms. The quantitative estimate of drug-likeness (QED) is 0.286. The molecule has 2 saturated heterocycles. The molecule has 0 aliphatic carbocycles. The van der Waals surface area contributed by atoms with Crippen molar-refractivity contribution in [1.82, 2.24) is 19.4 Å². The Morgan fingerprint density at radius 1 is 1.22 bits per heavy atom. The summed E-state index contributed by atoms with van der Waals surface area (Å²) in [5.41, 5.74) is 3.02. The fourth-order valence-corrected chi connectivity index (χ4v) is 6.79. The lowest BCUT2D eigenvalue weighted by Crippen LogP contribution is -2.45. The number of aryl methyl sites for hydroxylation is 1. The van der Waals surface area contributed by atoms with Crippen molar-refractivity contribution in [3.8, 4) is 10.6 Å². The van der Waals surface area contributed by atoms with E-state index < -0.39 is 6.10 Å². The fraction of sp³-hybridized carbons (Fsp3) is 0.400. The van der Waals surface area contributed by atoms with Gasteiger partial charge in [0, 0.05) is 35.1 Å². The Kier molecular flexibility index (Phi) is 7.48. The van der Waals surface area contributed by atoms with Gasteiger partial charge in [0.25, 0.3) is 5.56 Å². The number of nitrogens with one attached hydrogen (secondary N) is 1. The van der Waals surface area contributed by atoms with E-state index >= 15 is 0 Å². The molecule has 0 radical (unpaired) electrons. The molecule has 11 heteroatoms. The molecule has 9 nitrogen and oxygen atoms in total. The lowest BCUT2D eigenvalue weighted by Gasteiger charge is -2.33. The highest BCUT2D eigenvalue weighted by atomic mass is 35.5. The smallest absolute Gasteiger partial charge is 0.410 e. The van der Waals surface area contributed by atoms with Crippen molar-refractivity contribution in [3.63, 3.8) is 0 Å². The third-order valence-corrected chi connectivity index (χ3v) is 9.28. The number of amides is 1. The number of rotatable bonds is 7. The molecule has 0 saturated carbocycles. The lowest BCUT2D eigenvalue weighted by atomic mass is 9.97. The predicted molar refractivity (Wildman–Crippen MR) is 161 cm³/mol. The number of halogens is 1. The standard InChI is InChI=1S/C30H32ClN5O4S/c1-16(2)27(37)26-13-32-28(41-26)22-11-25-23(12-24(22)34-20-8-9-35-21(10-20)15-40-30(35)39)29(38)36(17(3)33-25)14-18-4-6-19(31)7-5-18/h4-7,11-13,16,20-21,27,34,37H,8-10,14-15H2,1-3H3/t20-,21-,27?/m0/s1. The first kappa shape index (κ1) is 27.7. The van der Waals surface area contributed by atoms with Gasteiger partial charge in [0.05, 0.1) is 34.5 Å². The largest absolute Gasteiger partial charge is 0.447 e. The van der Waals surface area contributed by atoms with Crippen molar-refractivity contribution >= 4 is 45.6 Å². The normalized spacial score (nSPS) is 19.5. The molecule has 2 N–H and O–H groups in total. The second kappa shape index (κ2) is 11.1. The van der Waals surface area contributed by atoms with Crippen molar-refractivity contribution in [1.29, 1.82) is 0 Å². The van der Waals surface area contributed by atoms with E-state index in [1.165, 1.54) is 11.3 Å². The Labute approximate surface area is 246 Å². The minimum absolute atomic E-state index is 0.0335. The number of anilines is 1. The third kappa shape index (κ3) is 5.43. The van der Waals surface area contributed by atoms with Gasteiger partial charge in [-0.05, 0) is 55.5 Å². The van der Waals surface area contributed by atoms with Crippen LogP contribution in [0.3, 0.4) is 0 Å². The number of ether oxygens (including phenoxy) is 1. The summed E-state index contributed by atoms with van der Waals surface area (Å²) >= 11 is 7.50. The Balaban J connectivity index is 1.41. The maximum atomic E-state index is 13.8. The highest BCUT2D eigenvalue weighted by molar-refractivity contribution is 7.15. The Morgan fingerprint density at radius 3 is 2.76 bits per heavy atom. The first-order valence-corrected chi connectivity index (χ1v) is 15.0. The molecule has 41 heavy (non-hydrogen) atoms. The third-order valence-electron chi connectivity index (χ3n) is 7.92. The van der Waals surface area contributed by atoms with Crippen LogP contribution in [0.4, 0.5) is 10.5 Å². The molecule has 2 fully saturated rings. The summed E-state index contributed by atoms with van der Waals surface area (Å²) in [6.45, 7) is 7.16. The summed E-state index contributed by atoms with van der Waals surface area (Å²) in [5.74, 6) is 0.667. The van der Waals surface area contributed by atoms with Crippen molar-refractivity contribution in [3.05, 3.63) is 74.2 Å². The number of carbonyl (C=O) groups excluding carboxylic acids is 1. The summed E-state index contributed by atoms with van der Waals surface area (Å²) in [5, 5.41) is 16.2. The van der Waals surface area contributed by atoms with Crippen molar-refractivity contribution in [2.45, 2.75) is 58.3 Å². The van der Waals surface area contributed by atoms with Gasteiger partial charge in [-0.3, -0.25) is 9.36 Å². The molecule has 0 spiro atoms. The van der Waals surface area contributed by atoms with Gasteiger partial charge in [-0.1, -0.05) is 37.6 Å². The van der Waals surface area contributed by atoms with Crippen LogP contribution in [0.15, 0.2) is 47.4 Å². The number of aliphatic hydroxyl groups is 1. The number of cyclic esters (lactones) is 1. The van der Waals surface area contributed by atoms with Gasteiger partial charge >= 0.3 is 6.09 Å². The van der Waals surface area contributed by atoms with E-state index in [1.54, 1.807) is 15.7 Å². The topological polar surface area (TPSA) is 110 Å². The van der Waals surface area contributed by atoms with E-state index in [1.807, 2.05) is 57.2 Å². The number of benzene rings is 2. The molecule has 1 unspecified atom stereocenters. The molecule has 1 amide bonds. The lowest BCUT2D eigenvalue weighted by molar-refractivity contribution is 0.130. The zero-order valence-corrected chi connectivity index (χ0v) is 24.7. The monoisotopic (exact) mass is 593 g/mol. The van der Waals surface area contributed by atoms with Crippen LogP contribution in [0.1, 0.15) is 49.1 Å². The van der Waals surface area contributed by atoms with Crippen molar-refractivity contribution in [2.24, 2.45) is 5.92 Å². The Bertz CT molecular complexity index is 1670. The van der Waals surface area contributed by atoms with Gasteiger partial charge in [0.2, 0.25) is 0 Å². The van der Waals surface area contributed by atoms with Gasteiger partial charge in [-0.25, -0.2) is 14.8 Å². The number of nitrogens with zero attached hydrogens (tertiary/aromatic N) is 4. The van der Waals surface area contributed by atoms with Crippen LogP contribution in [0.25, 0.3) is 21.5 Å². The van der Waals surface area contributed by atoms with Crippen LogP contribution in [-0.2, 0) is 11.3 Å². The first-order valence-electron chi connectivity index (χ1n) is 13.8. The molecule has 2 aromatic heterocycles. The van der Waals surface area contributed by atoms with Crippen LogP contribution >= 0.6 is 22.9 Å². The number of aliphatic hydroxyl groups excluding tert-OH is 1. The van der Waals surface area contributed by atoms with E-state index in [-0.39, 0.29) is 29.7 Å². The van der Waals surface area contributed by atoms with E-state index in [0.29, 0.717) is 41.4 Å². The number of hydrogen-bond acceptors (Lipinski definition) is 8. The highest BCUT2D eigenvalue weighted by Gasteiger charge is 2.38. The van der Waals surface area contributed by atoms with Gasteiger partial charge in [-0.15, -0.1) is 11.3 Å². The summed E-state index contributed by atoms with van der Waals surface area (Å²) in [7, 11) is 0. The number of hydrogen-bond donors (Lipinski definition) is 2. The van der Waals surface area contributed by atoms with Gasteiger partial charge in [0.15, 0.2) is 0 Å². The maximum Gasteiger partial charge on any atom is 0.410 e. The van der Waals surface area contributed by atoms with E-state index in [9.17, 15) is 14.7 Å². The molecular weight excluding hydrogens is 562 g/mol. The van der Waals surface area contributed by atoms with Gasteiger partial charge in [0.1, 0.15) is 17.4 Å². The van der Waals surface area contributed by atoms with E-state index in [4.69, 9.17) is 21.3 Å². The molecule has 3 atom stereocenters. The minimum atomic E-state index is -0.609. The first-order chi connectivity index (χ1) is 19.7. The number of carbonyl (C=O) groups is 1. The predicted octanol–water partition coefficient (Wildman–Crippen LogP) is 5.61. The van der Waals surface area contributed by atoms with Gasteiger partial charge < -0.3 is 20.1 Å². The average molecular weight is 594 g/mol. The second-order valence-electron chi connectivity index (χ2n) is 11.1. The molecule has 6 rings (SSSR count). The van der Waals surface area contributed by atoms with E-state index in [0.717, 1.165) is 39.5 Å². The summed E-state index contributed by atoms with van der Waals surface area (Å²) in [6.07, 6.45) is 2.36. The number of fused-ring (bicyclic) bond motifs is 2. The van der Waals surface area contributed by atoms with Crippen molar-refractivity contribution in [2.75, 3.05) is 18.5 Å². The van der Waals surface area contributed by atoms with Crippen LogP contribution in [-0.4, -0.2) is 55.9 Å². The second-order valence-corrected chi connectivity index (χ2v) is 12.6. The minimum Gasteiger partial charge on any atom is -0.447 e. The van der Waals surface area contributed by atoms with Crippen LogP contribution in [0, 0.1) is 12.8 Å². The average Bonchev–Trinajstić information content (AvgIpc) is 3.59.